The normalized spacial score (nSPS) is 12.1. The van der Waals surface area contributed by atoms with E-state index in [1.165, 1.54) is 32.1 Å². The molecule has 0 unspecified atom stereocenters. The molecule has 4 heteroatoms. The van der Waals surface area contributed by atoms with Crippen molar-refractivity contribution >= 4 is 0 Å². The number of unbranched alkanes of at least 4 members (excludes halogenated alkanes) is 4. The highest BCUT2D eigenvalue weighted by atomic mass is 16.5. The Morgan fingerprint density at radius 3 is 2.31 bits per heavy atom. The molecule has 29 heavy (non-hydrogen) atoms. The van der Waals surface area contributed by atoms with Gasteiger partial charge in [0.15, 0.2) is 0 Å². The Bertz CT molecular complexity index is 656. The van der Waals surface area contributed by atoms with Gasteiger partial charge in [-0.3, -0.25) is 0 Å². The number of benzene rings is 1. The van der Waals surface area contributed by atoms with Crippen LogP contribution in [0.1, 0.15) is 71.4 Å². The third-order valence-electron chi connectivity index (χ3n) is 5.21. The molecule has 1 aromatic carbocycles. The molecule has 0 amide bonds. The molecule has 160 valence electrons. The summed E-state index contributed by atoms with van der Waals surface area (Å²) in [6, 6.07) is 12.3. The van der Waals surface area contributed by atoms with Crippen molar-refractivity contribution in [2.24, 2.45) is 5.92 Å². The number of hydrogen-bond donors (Lipinski definition) is 0. The summed E-state index contributed by atoms with van der Waals surface area (Å²) in [4.78, 5) is 0. The molecule has 0 spiro atoms. The monoisotopic (exact) mass is 398 g/mol. The molecule has 1 heterocycles. The number of hydrogen-bond acceptors (Lipinski definition) is 4. The van der Waals surface area contributed by atoms with Crippen molar-refractivity contribution < 1.29 is 9.47 Å². The van der Waals surface area contributed by atoms with E-state index in [1.807, 2.05) is 12.1 Å². The van der Waals surface area contributed by atoms with Gasteiger partial charge in [0.1, 0.15) is 5.75 Å². The van der Waals surface area contributed by atoms with Crippen LogP contribution in [0.5, 0.6) is 5.75 Å². The largest absolute Gasteiger partial charge is 0.494 e. The summed E-state index contributed by atoms with van der Waals surface area (Å²) in [5, 5.41) is 8.78. The Balaban J connectivity index is 1.67. The Labute approximate surface area is 177 Å². The summed E-state index contributed by atoms with van der Waals surface area (Å²) in [6.07, 6.45) is 9.26. The quantitative estimate of drug-likeness (QED) is 0.322. The summed E-state index contributed by atoms with van der Waals surface area (Å²) < 4.78 is 11.5. The second-order valence-electron chi connectivity index (χ2n) is 7.89. The summed E-state index contributed by atoms with van der Waals surface area (Å²) in [6.45, 7) is 9.06. The van der Waals surface area contributed by atoms with Crippen LogP contribution in [0.3, 0.4) is 0 Å². The maximum Gasteiger partial charge on any atom is 0.119 e. The van der Waals surface area contributed by atoms with Crippen LogP contribution >= 0.6 is 0 Å². The third-order valence-corrected chi connectivity index (χ3v) is 5.21. The Morgan fingerprint density at radius 1 is 0.828 bits per heavy atom. The molecule has 0 aliphatic heterocycles. The van der Waals surface area contributed by atoms with Crippen LogP contribution in [-0.4, -0.2) is 30.0 Å². The van der Waals surface area contributed by atoms with Crippen molar-refractivity contribution in [3.63, 3.8) is 0 Å². The summed E-state index contributed by atoms with van der Waals surface area (Å²) in [5.74, 6) is 1.55. The van der Waals surface area contributed by atoms with E-state index in [0.717, 1.165) is 61.8 Å². The number of rotatable bonds is 15. The van der Waals surface area contributed by atoms with Gasteiger partial charge in [0.05, 0.1) is 18.0 Å². The van der Waals surface area contributed by atoms with E-state index >= 15 is 0 Å². The van der Waals surface area contributed by atoms with Crippen molar-refractivity contribution in [3.8, 4) is 17.0 Å². The van der Waals surface area contributed by atoms with Crippen LogP contribution in [-0.2, 0) is 11.2 Å². The maximum absolute atomic E-state index is 5.84. The SMILES string of the molecule is CCCCCCc1ccc(-c2ccc(OCCCCOC[C@@H](C)CC)cc2)nn1. The van der Waals surface area contributed by atoms with Gasteiger partial charge in [0.2, 0.25) is 0 Å². The van der Waals surface area contributed by atoms with Crippen LogP contribution in [0.2, 0.25) is 0 Å². The number of nitrogens with zero attached hydrogens (tertiary/aromatic N) is 2. The lowest BCUT2D eigenvalue weighted by Crippen LogP contribution is -2.06. The lowest BCUT2D eigenvalue weighted by atomic mass is 10.1. The number of aryl methyl sites for hydroxylation is 1. The standard InChI is InChI=1S/C25H38N2O2/c1-4-6-7-8-11-23-14-17-25(27-26-23)22-12-15-24(16-13-22)29-19-10-9-18-28-20-21(3)5-2/h12-17,21H,4-11,18-20H2,1-3H3/t21-/m0/s1. The van der Waals surface area contributed by atoms with Crippen molar-refractivity contribution in [3.05, 3.63) is 42.1 Å². The molecule has 2 aromatic rings. The molecule has 1 aromatic heterocycles. The molecular weight excluding hydrogens is 360 g/mol. The molecule has 1 atom stereocenters. The topological polar surface area (TPSA) is 44.2 Å². The van der Waals surface area contributed by atoms with Gasteiger partial charge in [-0.2, -0.15) is 10.2 Å². The highest BCUT2D eigenvalue weighted by molar-refractivity contribution is 5.59. The second-order valence-corrected chi connectivity index (χ2v) is 7.89. The predicted octanol–water partition coefficient (Wildman–Crippen LogP) is 6.49. The van der Waals surface area contributed by atoms with Gasteiger partial charge in [0.25, 0.3) is 0 Å². The van der Waals surface area contributed by atoms with Crippen LogP contribution in [0.15, 0.2) is 36.4 Å². The zero-order valence-electron chi connectivity index (χ0n) is 18.5. The fraction of sp³-hybridized carbons (Fsp3) is 0.600. The fourth-order valence-electron chi connectivity index (χ4n) is 3.00. The molecule has 0 radical (unpaired) electrons. The molecule has 0 saturated carbocycles. The van der Waals surface area contributed by atoms with Gasteiger partial charge < -0.3 is 9.47 Å². The molecule has 0 N–H and O–H groups in total. The van der Waals surface area contributed by atoms with E-state index in [9.17, 15) is 0 Å². The van der Waals surface area contributed by atoms with E-state index in [0.29, 0.717) is 5.92 Å². The highest BCUT2D eigenvalue weighted by Gasteiger charge is 2.03. The van der Waals surface area contributed by atoms with E-state index in [2.05, 4.69) is 55.2 Å². The molecule has 0 aliphatic rings. The highest BCUT2D eigenvalue weighted by Crippen LogP contribution is 2.21. The molecule has 0 saturated heterocycles. The van der Waals surface area contributed by atoms with Gasteiger partial charge >= 0.3 is 0 Å². The molecule has 4 nitrogen and oxygen atoms in total. The molecule has 2 rings (SSSR count). The van der Waals surface area contributed by atoms with Crippen molar-refractivity contribution in [2.45, 2.75) is 72.1 Å². The van der Waals surface area contributed by atoms with E-state index in [-0.39, 0.29) is 0 Å². The first-order valence-electron chi connectivity index (χ1n) is 11.4. The van der Waals surface area contributed by atoms with Crippen molar-refractivity contribution in [1.82, 2.24) is 10.2 Å². The lowest BCUT2D eigenvalue weighted by Gasteiger charge is -2.10. The minimum absolute atomic E-state index is 0.649. The fourth-order valence-corrected chi connectivity index (χ4v) is 3.00. The maximum atomic E-state index is 5.84. The van der Waals surface area contributed by atoms with Gasteiger partial charge in [-0.15, -0.1) is 0 Å². The first-order chi connectivity index (χ1) is 14.2. The van der Waals surface area contributed by atoms with Gasteiger partial charge in [-0.25, -0.2) is 0 Å². The summed E-state index contributed by atoms with van der Waals surface area (Å²) >= 11 is 0. The van der Waals surface area contributed by atoms with E-state index in [1.54, 1.807) is 0 Å². The summed E-state index contributed by atoms with van der Waals surface area (Å²) in [5.41, 5.74) is 3.06. The van der Waals surface area contributed by atoms with Crippen LogP contribution in [0.25, 0.3) is 11.3 Å². The third kappa shape index (κ3) is 9.40. The predicted molar refractivity (Wildman–Crippen MR) is 120 cm³/mol. The molecule has 0 aliphatic carbocycles. The Hall–Kier alpha value is -1.94. The Morgan fingerprint density at radius 2 is 1.62 bits per heavy atom. The molecular formula is C25H38N2O2. The number of aromatic nitrogens is 2. The minimum atomic E-state index is 0.649. The van der Waals surface area contributed by atoms with Crippen molar-refractivity contribution in [2.75, 3.05) is 19.8 Å². The first kappa shape index (κ1) is 23.3. The first-order valence-corrected chi connectivity index (χ1v) is 11.4. The second kappa shape index (κ2) is 14.1. The van der Waals surface area contributed by atoms with Crippen molar-refractivity contribution in [1.29, 1.82) is 0 Å². The Kier molecular flexibility index (Phi) is 11.4. The smallest absolute Gasteiger partial charge is 0.119 e. The zero-order chi connectivity index (χ0) is 20.7. The molecule has 0 fully saturated rings. The average molecular weight is 399 g/mol. The van der Waals surface area contributed by atoms with Crippen LogP contribution in [0.4, 0.5) is 0 Å². The minimum Gasteiger partial charge on any atom is -0.494 e. The van der Waals surface area contributed by atoms with E-state index in [4.69, 9.17) is 9.47 Å². The lowest BCUT2D eigenvalue weighted by molar-refractivity contribution is 0.0977. The van der Waals surface area contributed by atoms with Gasteiger partial charge in [-0.05, 0) is 68.0 Å². The van der Waals surface area contributed by atoms with Crippen LogP contribution in [0, 0.1) is 5.92 Å². The summed E-state index contributed by atoms with van der Waals surface area (Å²) in [7, 11) is 0. The van der Waals surface area contributed by atoms with Gasteiger partial charge in [0, 0.05) is 18.8 Å². The zero-order valence-corrected chi connectivity index (χ0v) is 18.5. The number of ether oxygens (including phenoxy) is 2. The van der Waals surface area contributed by atoms with Crippen LogP contribution < -0.4 is 4.74 Å². The molecule has 0 bridgehead atoms. The van der Waals surface area contributed by atoms with E-state index < -0.39 is 0 Å². The average Bonchev–Trinajstić information content (AvgIpc) is 2.77. The van der Waals surface area contributed by atoms with Gasteiger partial charge in [-0.1, -0.05) is 46.5 Å².